The molecule has 11 heteroatoms. The summed E-state index contributed by atoms with van der Waals surface area (Å²) in [7, 11) is -2.13. The van der Waals surface area contributed by atoms with Crippen LogP contribution in [0, 0.1) is 0 Å². The van der Waals surface area contributed by atoms with Crippen molar-refractivity contribution in [2.75, 3.05) is 13.7 Å². The summed E-state index contributed by atoms with van der Waals surface area (Å²) in [4.78, 5) is 0.142. The van der Waals surface area contributed by atoms with Gasteiger partial charge in [0.2, 0.25) is 15.2 Å². The van der Waals surface area contributed by atoms with Crippen LogP contribution >= 0.6 is 23.4 Å². The van der Waals surface area contributed by atoms with Gasteiger partial charge in [0.1, 0.15) is 12.1 Å². The summed E-state index contributed by atoms with van der Waals surface area (Å²) in [6.07, 6.45) is 3.15. The smallest absolute Gasteiger partial charge is 0.240 e. The van der Waals surface area contributed by atoms with Crippen molar-refractivity contribution in [3.05, 3.63) is 101 Å². The quantitative estimate of drug-likeness (QED) is 0.238. The van der Waals surface area contributed by atoms with Crippen LogP contribution < -0.4 is 9.46 Å². The second kappa shape index (κ2) is 11.5. The minimum absolute atomic E-state index is 0.128. The van der Waals surface area contributed by atoms with Gasteiger partial charge in [-0.1, -0.05) is 65.8 Å². The number of ether oxygens (including phenoxy) is 1. The number of halogens is 1. The van der Waals surface area contributed by atoms with Crippen LogP contribution in [0.2, 0.25) is 5.02 Å². The van der Waals surface area contributed by atoms with E-state index in [1.165, 1.54) is 30.2 Å². The SMILES string of the molecule is COc1ccccc1/C=N\n1cnnc1S[C@@H](CNS(=O)(=O)c1ccc(Cl)cc1)c1ccccc1. The number of sulfonamides is 1. The summed E-state index contributed by atoms with van der Waals surface area (Å²) in [5.41, 5.74) is 1.73. The highest BCUT2D eigenvalue weighted by molar-refractivity contribution is 7.99. The summed E-state index contributed by atoms with van der Waals surface area (Å²) >= 11 is 7.25. The van der Waals surface area contributed by atoms with E-state index in [-0.39, 0.29) is 16.7 Å². The van der Waals surface area contributed by atoms with Gasteiger partial charge in [0.25, 0.3) is 0 Å². The van der Waals surface area contributed by atoms with E-state index < -0.39 is 10.0 Å². The van der Waals surface area contributed by atoms with Crippen molar-refractivity contribution < 1.29 is 13.2 Å². The van der Waals surface area contributed by atoms with Gasteiger partial charge in [-0.25, -0.2) is 13.1 Å². The maximum Gasteiger partial charge on any atom is 0.240 e. The fourth-order valence-electron chi connectivity index (χ4n) is 3.18. The van der Waals surface area contributed by atoms with Crippen molar-refractivity contribution in [1.82, 2.24) is 19.6 Å². The lowest BCUT2D eigenvalue weighted by atomic mass is 10.1. The number of nitrogens with zero attached hydrogens (tertiary/aromatic N) is 4. The summed E-state index contributed by atoms with van der Waals surface area (Å²) in [6.45, 7) is 0.128. The van der Waals surface area contributed by atoms with Crippen LogP contribution in [0.3, 0.4) is 0 Å². The molecule has 1 N–H and O–H groups in total. The molecule has 0 aliphatic rings. The normalized spacial score (nSPS) is 12.6. The number of hydrogen-bond acceptors (Lipinski definition) is 7. The van der Waals surface area contributed by atoms with E-state index in [0.717, 1.165) is 11.1 Å². The molecule has 0 aliphatic heterocycles. The summed E-state index contributed by atoms with van der Waals surface area (Å²) < 4.78 is 35.3. The van der Waals surface area contributed by atoms with Crippen molar-refractivity contribution in [3.8, 4) is 5.75 Å². The number of nitrogens with one attached hydrogen (secondary N) is 1. The Morgan fingerprint density at radius 1 is 1.09 bits per heavy atom. The van der Waals surface area contributed by atoms with E-state index in [1.807, 2.05) is 54.6 Å². The lowest BCUT2D eigenvalue weighted by molar-refractivity contribution is 0.414. The first-order valence-corrected chi connectivity index (χ1v) is 13.2. The molecule has 0 aliphatic carbocycles. The third-order valence-electron chi connectivity index (χ3n) is 4.96. The van der Waals surface area contributed by atoms with Gasteiger partial charge in [-0.05, 0) is 42.0 Å². The van der Waals surface area contributed by atoms with E-state index in [9.17, 15) is 8.42 Å². The molecular weight excluding hydrogens is 506 g/mol. The molecule has 0 spiro atoms. The molecule has 0 saturated heterocycles. The zero-order valence-corrected chi connectivity index (χ0v) is 21.0. The maximum atomic E-state index is 12.8. The average Bonchev–Trinajstić information content (AvgIpc) is 3.33. The van der Waals surface area contributed by atoms with Gasteiger partial charge in [0.05, 0.1) is 23.5 Å². The molecule has 3 aromatic carbocycles. The predicted molar refractivity (Wildman–Crippen MR) is 138 cm³/mol. The third kappa shape index (κ3) is 6.49. The minimum atomic E-state index is -3.73. The molecule has 0 amide bonds. The first-order valence-electron chi connectivity index (χ1n) is 10.5. The Labute approximate surface area is 213 Å². The third-order valence-corrected chi connectivity index (χ3v) is 7.86. The number of thioether (sulfide) groups is 1. The van der Waals surface area contributed by atoms with Crippen LogP contribution in [0.1, 0.15) is 16.4 Å². The van der Waals surface area contributed by atoms with Gasteiger partial charge in [-0.3, -0.25) is 0 Å². The van der Waals surface area contributed by atoms with Crippen molar-refractivity contribution in [1.29, 1.82) is 0 Å². The number of benzene rings is 3. The number of hydrogen-bond donors (Lipinski definition) is 1. The average molecular weight is 528 g/mol. The first-order chi connectivity index (χ1) is 17.0. The Hall–Kier alpha value is -3.18. The van der Waals surface area contributed by atoms with Crippen molar-refractivity contribution in [2.24, 2.45) is 5.10 Å². The van der Waals surface area contributed by atoms with Crippen LogP contribution in [0.4, 0.5) is 0 Å². The predicted octanol–water partition coefficient (Wildman–Crippen LogP) is 4.63. The van der Waals surface area contributed by atoms with Crippen molar-refractivity contribution in [2.45, 2.75) is 15.3 Å². The lowest BCUT2D eigenvalue weighted by Gasteiger charge is -2.17. The Morgan fingerprint density at radius 3 is 2.54 bits per heavy atom. The molecule has 1 atom stereocenters. The van der Waals surface area contributed by atoms with Gasteiger partial charge < -0.3 is 4.74 Å². The molecule has 1 heterocycles. The molecule has 8 nitrogen and oxygen atoms in total. The highest BCUT2D eigenvalue weighted by Gasteiger charge is 2.21. The fraction of sp³-hybridized carbons (Fsp3) is 0.125. The highest BCUT2D eigenvalue weighted by Crippen LogP contribution is 2.34. The van der Waals surface area contributed by atoms with Crippen molar-refractivity contribution >= 4 is 39.6 Å². The Bertz CT molecular complexity index is 1390. The van der Waals surface area contributed by atoms with Crippen LogP contribution in [-0.4, -0.2) is 43.2 Å². The zero-order valence-electron chi connectivity index (χ0n) is 18.7. The molecule has 0 bridgehead atoms. The summed E-state index contributed by atoms with van der Waals surface area (Å²) in [5, 5.41) is 13.3. The number of para-hydroxylation sites is 1. The Morgan fingerprint density at radius 2 is 1.80 bits per heavy atom. The highest BCUT2D eigenvalue weighted by atomic mass is 35.5. The van der Waals surface area contributed by atoms with Crippen molar-refractivity contribution in [3.63, 3.8) is 0 Å². The van der Waals surface area contributed by atoms with Crippen LogP contribution in [-0.2, 0) is 10.0 Å². The molecule has 180 valence electrons. The number of aromatic nitrogens is 3. The van der Waals surface area contributed by atoms with E-state index >= 15 is 0 Å². The monoisotopic (exact) mass is 527 g/mol. The number of rotatable bonds is 10. The van der Waals surface area contributed by atoms with E-state index in [0.29, 0.717) is 15.9 Å². The summed E-state index contributed by atoms with van der Waals surface area (Å²) in [6, 6.07) is 23.1. The second-order valence-corrected chi connectivity index (χ2v) is 10.6. The van der Waals surface area contributed by atoms with Gasteiger partial charge >= 0.3 is 0 Å². The van der Waals surface area contributed by atoms with Crippen LogP contribution in [0.25, 0.3) is 0 Å². The Kier molecular flexibility index (Phi) is 8.19. The first kappa shape index (κ1) is 24.9. The van der Waals surface area contributed by atoms with Gasteiger partial charge in [-0.15, -0.1) is 10.2 Å². The van der Waals surface area contributed by atoms with E-state index in [4.69, 9.17) is 16.3 Å². The molecule has 0 radical (unpaired) electrons. The molecular formula is C24H22ClN5O3S2. The minimum Gasteiger partial charge on any atom is -0.496 e. The topological polar surface area (TPSA) is 98.5 Å². The number of methoxy groups -OCH3 is 1. The zero-order chi connectivity index (χ0) is 24.7. The second-order valence-electron chi connectivity index (χ2n) is 7.27. The maximum absolute atomic E-state index is 12.8. The largest absolute Gasteiger partial charge is 0.496 e. The standard InChI is InChI=1S/C24H22ClN5O3S2/c1-33-22-10-6-5-9-19(22)15-27-30-17-26-29-24(30)34-23(18-7-3-2-4-8-18)16-28-35(31,32)21-13-11-20(25)12-14-21/h2-15,17,23,28H,16H2,1H3/b27-15-/t23-/m0/s1. The van der Waals surface area contributed by atoms with Gasteiger partial charge in [0, 0.05) is 17.1 Å². The molecule has 0 saturated carbocycles. The van der Waals surface area contributed by atoms with Gasteiger partial charge in [0.15, 0.2) is 0 Å². The molecule has 0 fully saturated rings. The molecule has 1 aromatic heterocycles. The lowest BCUT2D eigenvalue weighted by Crippen LogP contribution is -2.27. The molecule has 35 heavy (non-hydrogen) atoms. The van der Waals surface area contributed by atoms with Crippen LogP contribution in [0.5, 0.6) is 5.75 Å². The van der Waals surface area contributed by atoms with E-state index in [1.54, 1.807) is 30.1 Å². The summed E-state index contributed by atoms with van der Waals surface area (Å²) in [5.74, 6) is 0.692. The molecule has 4 aromatic rings. The van der Waals surface area contributed by atoms with E-state index in [2.05, 4.69) is 20.0 Å². The molecule has 4 rings (SSSR count). The Balaban J connectivity index is 1.55. The fourth-order valence-corrected chi connectivity index (χ4v) is 5.47. The van der Waals surface area contributed by atoms with Crippen LogP contribution in [0.15, 0.2) is 100 Å². The molecule has 0 unspecified atom stereocenters. The van der Waals surface area contributed by atoms with Gasteiger partial charge in [-0.2, -0.15) is 9.78 Å².